The van der Waals surface area contributed by atoms with Gasteiger partial charge in [-0.25, -0.2) is 0 Å². The molecule has 0 aromatic carbocycles. The van der Waals surface area contributed by atoms with Crippen LogP contribution in [0.25, 0.3) is 0 Å². The zero-order valence-corrected chi connectivity index (χ0v) is 8.49. The van der Waals surface area contributed by atoms with Gasteiger partial charge in [0.2, 0.25) is 5.91 Å². The summed E-state index contributed by atoms with van der Waals surface area (Å²) in [4.78, 5) is 23.8. The summed E-state index contributed by atoms with van der Waals surface area (Å²) >= 11 is 0. The number of carboxylic acids is 1. The molecular weight excluding hydrogens is 184 g/mol. The molecule has 0 bridgehead atoms. The summed E-state index contributed by atoms with van der Waals surface area (Å²) in [7, 11) is 0. The quantitative estimate of drug-likeness (QED) is 0.646. The molecule has 0 spiro atoms. The number of nitrogens with zero attached hydrogens (tertiary/aromatic N) is 1. The zero-order valence-electron chi connectivity index (χ0n) is 8.49. The number of carboxylic acid groups (broad SMARTS) is 1. The van der Waals surface area contributed by atoms with E-state index in [1.165, 1.54) is 0 Å². The average Bonchev–Trinajstić information content (AvgIpc) is 2.01. The summed E-state index contributed by atoms with van der Waals surface area (Å²) < 4.78 is 0. The van der Waals surface area contributed by atoms with Crippen molar-refractivity contribution in [2.45, 2.75) is 19.9 Å². The Morgan fingerprint density at radius 3 is 2.86 bits per heavy atom. The Kier molecular flexibility index (Phi) is 3.46. The normalized spacial score (nSPS) is 23.6. The van der Waals surface area contributed by atoms with Crippen LogP contribution in [0.4, 0.5) is 0 Å². The van der Waals surface area contributed by atoms with E-state index in [-0.39, 0.29) is 24.4 Å². The van der Waals surface area contributed by atoms with E-state index in [1.54, 1.807) is 4.90 Å². The number of aliphatic carboxylic acids is 1. The van der Waals surface area contributed by atoms with E-state index in [2.05, 4.69) is 5.32 Å². The third-order valence-electron chi connectivity index (χ3n) is 2.33. The molecule has 2 N–H and O–H groups in total. The number of carbonyl (C=O) groups excluding carboxylic acids is 1. The van der Waals surface area contributed by atoms with Crippen molar-refractivity contribution in [2.75, 3.05) is 19.6 Å². The predicted molar refractivity (Wildman–Crippen MR) is 50.8 cm³/mol. The largest absolute Gasteiger partial charge is 0.480 e. The molecule has 1 aliphatic rings. The first-order valence-electron chi connectivity index (χ1n) is 4.76. The molecule has 1 heterocycles. The van der Waals surface area contributed by atoms with E-state index in [4.69, 9.17) is 5.11 Å². The van der Waals surface area contributed by atoms with Crippen LogP contribution in [0.3, 0.4) is 0 Å². The highest BCUT2D eigenvalue weighted by Crippen LogP contribution is 2.13. The van der Waals surface area contributed by atoms with Gasteiger partial charge in [-0.05, 0) is 5.92 Å². The van der Waals surface area contributed by atoms with Gasteiger partial charge >= 0.3 is 5.97 Å². The number of carbonyl (C=O) groups is 2. The van der Waals surface area contributed by atoms with Gasteiger partial charge in [-0.15, -0.1) is 0 Å². The molecule has 14 heavy (non-hydrogen) atoms. The minimum absolute atomic E-state index is 0.0593. The van der Waals surface area contributed by atoms with E-state index in [9.17, 15) is 9.59 Å². The third kappa shape index (κ3) is 2.45. The number of hydrogen-bond acceptors (Lipinski definition) is 3. The van der Waals surface area contributed by atoms with Gasteiger partial charge in [0.25, 0.3) is 0 Å². The standard InChI is InChI=1S/C9H16N2O3/c1-6(2)8-9(14)10-3-4-11(8)5-7(12)13/h6,8H,3-5H2,1-2H3,(H,10,14)(H,12,13). The molecule has 1 unspecified atom stereocenters. The molecule has 0 saturated carbocycles. The number of hydrogen-bond donors (Lipinski definition) is 2. The van der Waals surface area contributed by atoms with Crippen molar-refractivity contribution >= 4 is 11.9 Å². The Labute approximate surface area is 83.1 Å². The van der Waals surface area contributed by atoms with Gasteiger partial charge in [0, 0.05) is 13.1 Å². The molecule has 1 fully saturated rings. The molecule has 0 aliphatic carbocycles. The number of amides is 1. The van der Waals surface area contributed by atoms with E-state index in [1.807, 2.05) is 13.8 Å². The number of nitrogens with one attached hydrogen (secondary N) is 1. The Morgan fingerprint density at radius 1 is 1.71 bits per heavy atom. The second kappa shape index (κ2) is 4.41. The van der Waals surface area contributed by atoms with Crippen molar-refractivity contribution in [3.8, 4) is 0 Å². The Morgan fingerprint density at radius 2 is 2.36 bits per heavy atom. The van der Waals surface area contributed by atoms with E-state index in [0.29, 0.717) is 13.1 Å². The van der Waals surface area contributed by atoms with Crippen LogP contribution >= 0.6 is 0 Å². The molecule has 1 amide bonds. The van der Waals surface area contributed by atoms with Gasteiger partial charge in [0.1, 0.15) is 0 Å². The Bertz CT molecular complexity index is 240. The maximum Gasteiger partial charge on any atom is 0.317 e. The summed E-state index contributed by atoms with van der Waals surface area (Å²) in [5.41, 5.74) is 0. The van der Waals surface area contributed by atoms with Crippen LogP contribution in [0, 0.1) is 5.92 Å². The van der Waals surface area contributed by atoms with Gasteiger partial charge in [-0.1, -0.05) is 13.8 Å². The molecule has 0 aromatic heterocycles. The highest BCUT2D eigenvalue weighted by Gasteiger charge is 2.32. The lowest BCUT2D eigenvalue weighted by molar-refractivity contribution is -0.141. The predicted octanol–water partition coefficient (Wildman–Crippen LogP) is -0.473. The minimum Gasteiger partial charge on any atom is -0.480 e. The maximum absolute atomic E-state index is 11.5. The maximum atomic E-state index is 11.5. The van der Waals surface area contributed by atoms with Crippen molar-refractivity contribution in [3.05, 3.63) is 0 Å². The van der Waals surface area contributed by atoms with Crippen LogP contribution < -0.4 is 5.32 Å². The molecular formula is C9H16N2O3. The molecule has 1 aliphatic heterocycles. The monoisotopic (exact) mass is 200 g/mol. The summed E-state index contributed by atoms with van der Waals surface area (Å²) in [6, 6.07) is -0.306. The first-order chi connectivity index (χ1) is 6.52. The summed E-state index contributed by atoms with van der Waals surface area (Å²) in [6.07, 6.45) is 0. The van der Waals surface area contributed by atoms with Gasteiger partial charge in [-0.2, -0.15) is 0 Å². The fourth-order valence-corrected chi connectivity index (χ4v) is 1.81. The van der Waals surface area contributed by atoms with Crippen LogP contribution in [0.15, 0.2) is 0 Å². The SMILES string of the molecule is CC(C)C1C(=O)NCCN1CC(=O)O. The summed E-state index contributed by atoms with van der Waals surface area (Å²) in [5.74, 6) is -0.812. The molecule has 5 nitrogen and oxygen atoms in total. The van der Waals surface area contributed by atoms with Gasteiger partial charge in [-0.3, -0.25) is 14.5 Å². The van der Waals surface area contributed by atoms with Crippen molar-refractivity contribution in [2.24, 2.45) is 5.92 Å². The Balaban J connectivity index is 2.69. The minimum atomic E-state index is -0.884. The molecule has 0 radical (unpaired) electrons. The third-order valence-corrected chi connectivity index (χ3v) is 2.33. The molecule has 0 aromatic rings. The second-order valence-corrected chi connectivity index (χ2v) is 3.84. The Hall–Kier alpha value is -1.10. The second-order valence-electron chi connectivity index (χ2n) is 3.84. The fourth-order valence-electron chi connectivity index (χ4n) is 1.81. The van der Waals surface area contributed by atoms with Gasteiger partial charge in [0.15, 0.2) is 0 Å². The smallest absolute Gasteiger partial charge is 0.317 e. The van der Waals surface area contributed by atoms with Gasteiger partial charge < -0.3 is 10.4 Å². The van der Waals surface area contributed by atoms with E-state index >= 15 is 0 Å². The van der Waals surface area contributed by atoms with Crippen LogP contribution in [-0.2, 0) is 9.59 Å². The van der Waals surface area contributed by atoms with Crippen LogP contribution in [0.2, 0.25) is 0 Å². The van der Waals surface area contributed by atoms with Crippen LogP contribution in [-0.4, -0.2) is 47.6 Å². The first kappa shape index (κ1) is 11.0. The number of rotatable bonds is 3. The highest BCUT2D eigenvalue weighted by molar-refractivity contribution is 5.83. The summed E-state index contributed by atoms with van der Waals surface area (Å²) in [6.45, 7) is 4.93. The lowest BCUT2D eigenvalue weighted by Gasteiger charge is -2.36. The average molecular weight is 200 g/mol. The van der Waals surface area contributed by atoms with Crippen LogP contribution in [0.5, 0.6) is 0 Å². The van der Waals surface area contributed by atoms with E-state index in [0.717, 1.165) is 0 Å². The van der Waals surface area contributed by atoms with Crippen molar-refractivity contribution < 1.29 is 14.7 Å². The zero-order chi connectivity index (χ0) is 10.7. The lowest BCUT2D eigenvalue weighted by atomic mass is 10.00. The lowest BCUT2D eigenvalue weighted by Crippen LogP contribution is -2.58. The molecule has 80 valence electrons. The van der Waals surface area contributed by atoms with Crippen molar-refractivity contribution in [1.29, 1.82) is 0 Å². The van der Waals surface area contributed by atoms with Crippen molar-refractivity contribution in [1.82, 2.24) is 10.2 Å². The first-order valence-corrected chi connectivity index (χ1v) is 4.76. The molecule has 1 rings (SSSR count). The van der Waals surface area contributed by atoms with Crippen LogP contribution in [0.1, 0.15) is 13.8 Å². The summed E-state index contributed by atoms with van der Waals surface area (Å²) in [5, 5.41) is 11.4. The van der Waals surface area contributed by atoms with Crippen molar-refractivity contribution in [3.63, 3.8) is 0 Å². The highest BCUT2D eigenvalue weighted by atomic mass is 16.4. The topological polar surface area (TPSA) is 69.6 Å². The molecule has 5 heteroatoms. The number of piperazine rings is 1. The van der Waals surface area contributed by atoms with E-state index < -0.39 is 5.97 Å². The molecule has 1 atom stereocenters. The molecule has 1 saturated heterocycles. The van der Waals surface area contributed by atoms with Gasteiger partial charge in [0.05, 0.1) is 12.6 Å². The fraction of sp³-hybridized carbons (Fsp3) is 0.778.